The number of nitrogens with zero attached hydrogens (tertiary/aromatic N) is 4. The molecule has 1 aromatic heterocycles. The van der Waals surface area contributed by atoms with Crippen LogP contribution >= 0.6 is 11.6 Å². The van der Waals surface area contributed by atoms with Crippen LogP contribution in [0.4, 0.5) is 0 Å². The molecular weight excluding hydrogens is 284 g/mol. The predicted molar refractivity (Wildman–Crippen MR) is 84.3 cm³/mol. The van der Waals surface area contributed by atoms with Gasteiger partial charge in [-0.05, 0) is 51.0 Å². The number of para-hydroxylation sites is 1. The second kappa shape index (κ2) is 6.46. The molecule has 1 aromatic carbocycles. The van der Waals surface area contributed by atoms with Crippen molar-refractivity contribution in [1.82, 2.24) is 14.5 Å². The van der Waals surface area contributed by atoms with E-state index >= 15 is 0 Å². The van der Waals surface area contributed by atoms with E-state index in [-0.39, 0.29) is 0 Å². The van der Waals surface area contributed by atoms with Crippen LogP contribution in [0, 0.1) is 11.3 Å². The lowest BCUT2D eigenvalue weighted by molar-refractivity contribution is 0.325. The van der Waals surface area contributed by atoms with Crippen molar-refractivity contribution in [2.45, 2.75) is 31.7 Å². The summed E-state index contributed by atoms with van der Waals surface area (Å²) in [5.41, 5.74) is 2.42. The maximum atomic E-state index is 9.19. The minimum atomic E-state index is 0.378. The van der Waals surface area contributed by atoms with E-state index in [2.05, 4.69) is 20.5 Å². The molecule has 1 fully saturated rings. The quantitative estimate of drug-likeness (QED) is 0.797. The lowest BCUT2D eigenvalue weighted by atomic mass is 10.2. The van der Waals surface area contributed by atoms with Gasteiger partial charge < -0.3 is 9.47 Å². The van der Waals surface area contributed by atoms with Crippen molar-refractivity contribution in [3.8, 4) is 6.07 Å². The van der Waals surface area contributed by atoms with Crippen LogP contribution in [0.3, 0.4) is 0 Å². The standard InChI is InChI=1S/C16H19ClN4/c17-11-15-19-16-13(12-18)5-3-6-14(16)21(15)10-4-9-20-7-1-2-8-20/h3,5-6H,1-2,4,7-11H2. The van der Waals surface area contributed by atoms with Crippen LogP contribution in [0.5, 0.6) is 0 Å². The van der Waals surface area contributed by atoms with Gasteiger partial charge >= 0.3 is 0 Å². The molecule has 0 bridgehead atoms. The Kier molecular flexibility index (Phi) is 4.42. The van der Waals surface area contributed by atoms with Gasteiger partial charge in [-0.1, -0.05) is 6.07 Å². The number of hydrogen-bond donors (Lipinski definition) is 0. The molecule has 0 N–H and O–H groups in total. The van der Waals surface area contributed by atoms with Gasteiger partial charge in [-0.2, -0.15) is 5.26 Å². The molecule has 0 aliphatic carbocycles. The Bertz CT molecular complexity index is 665. The van der Waals surface area contributed by atoms with Crippen molar-refractivity contribution in [3.63, 3.8) is 0 Å². The molecule has 0 spiro atoms. The van der Waals surface area contributed by atoms with E-state index in [4.69, 9.17) is 11.6 Å². The average Bonchev–Trinajstić information content (AvgIpc) is 3.14. The Labute approximate surface area is 129 Å². The molecule has 2 aromatic rings. The average molecular weight is 303 g/mol. The summed E-state index contributed by atoms with van der Waals surface area (Å²) in [7, 11) is 0. The van der Waals surface area contributed by atoms with Crippen LogP contribution < -0.4 is 0 Å². The van der Waals surface area contributed by atoms with Gasteiger partial charge in [0.2, 0.25) is 0 Å². The van der Waals surface area contributed by atoms with Crippen LogP contribution in [0.1, 0.15) is 30.7 Å². The molecule has 1 saturated heterocycles. The summed E-state index contributed by atoms with van der Waals surface area (Å²) in [6.07, 6.45) is 3.74. The highest BCUT2D eigenvalue weighted by molar-refractivity contribution is 6.16. The maximum Gasteiger partial charge on any atom is 0.124 e. The molecule has 0 radical (unpaired) electrons. The first-order valence-corrected chi connectivity index (χ1v) is 8.03. The second-order valence-corrected chi connectivity index (χ2v) is 5.77. The van der Waals surface area contributed by atoms with Crippen LogP contribution in [0.15, 0.2) is 18.2 Å². The molecule has 4 nitrogen and oxygen atoms in total. The van der Waals surface area contributed by atoms with Crippen molar-refractivity contribution >= 4 is 22.6 Å². The van der Waals surface area contributed by atoms with E-state index < -0.39 is 0 Å². The summed E-state index contributed by atoms with van der Waals surface area (Å²) < 4.78 is 2.17. The molecule has 1 aliphatic heterocycles. The first-order chi connectivity index (χ1) is 10.3. The van der Waals surface area contributed by atoms with Gasteiger partial charge in [0, 0.05) is 6.54 Å². The topological polar surface area (TPSA) is 44.9 Å². The zero-order valence-corrected chi connectivity index (χ0v) is 12.8. The van der Waals surface area contributed by atoms with Gasteiger partial charge in [-0.3, -0.25) is 0 Å². The number of nitriles is 1. The number of halogens is 1. The van der Waals surface area contributed by atoms with Crippen molar-refractivity contribution in [1.29, 1.82) is 5.26 Å². The summed E-state index contributed by atoms with van der Waals surface area (Å²) in [6.45, 7) is 4.49. The van der Waals surface area contributed by atoms with Crippen molar-refractivity contribution in [3.05, 3.63) is 29.6 Å². The van der Waals surface area contributed by atoms with Gasteiger partial charge in [0.05, 0.1) is 17.0 Å². The van der Waals surface area contributed by atoms with E-state index in [1.54, 1.807) is 0 Å². The Balaban J connectivity index is 1.81. The smallest absolute Gasteiger partial charge is 0.124 e. The van der Waals surface area contributed by atoms with Crippen molar-refractivity contribution < 1.29 is 0 Å². The molecule has 0 saturated carbocycles. The minimum Gasteiger partial charge on any atom is -0.327 e. The number of likely N-dealkylation sites (tertiary alicyclic amines) is 1. The van der Waals surface area contributed by atoms with Gasteiger partial charge in [-0.15, -0.1) is 11.6 Å². The van der Waals surface area contributed by atoms with Crippen LogP contribution in [-0.2, 0) is 12.4 Å². The number of aryl methyl sites for hydroxylation is 1. The molecule has 21 heavy (non-hydrogen) atoms. The third kappa shape index (κ3) is 2.90. The Morgan fingerprint density at radius 2 is 2.05 bits per heavy atom. The fraction of sp³-hybridized carbons (Fsp3) is 0.500. The summed E-state index contributed by atoms with van der Waals surface area (Å²) >= 11 is 6.03. The molecule has 2 heterocycles. The highest BCUT2D eigenvalue weighted by atomic mass is 35.5. The van der Waals surface area contributed by atoms with E-state index in [1.165, 1.54) is 25.9 Å². The SMILES string of the molecule is N#Cc1cccc2c1nc(CCl)n2CCCN1CCCC1. The van der Waals surface area contributed by atoms with Crippen LogP contribution in [-0.4, -0.2) is 34.1 Å². The lowest BCUT2D eigenvalue weighted by Crippen LogP contribution is -2.21. The normalized spacial score (nSPS) is 15.6. The number of benzene rings is 1. The van der Waals surface area contributed by atoms with E-state index in [0.717, 1.165) is 36.4 Å². The summed E-state index contributed by atoms with van der Waals surface area (Å²) in [6, 6.07) is 7.95. The Morgan fingerprint density at radius 3 is 2.76 bits per heavy atom. The van der Waals surface area contributed by atoms with Crippen molar-refractivity contribution in [2.24, 2.45) is 0 Å². The number of rotatable bonds is 5. The number of imidazole rings is 1. The number of hydrogen-bond acceptors (Lipinski definition) is 3. The van der Waals surface area contributed by atoms with E-state index in [1.807, 2.05) is 18.2 Å². The first kappa shape index (κ1) is 14.4. The maximum absolute atomic E-state index is 9.19. The van der Waals surface area contributed by atoms with Gasteiger partial charge in [0.1, 0.15) is 17.4 Å². The number of fused-ring (bicyclic) bond motifs is 1. The molecule has 0 atom stereocenters. The minimum absolute atomic E-state index is 0.378. The highest BCUT2D eigenvalue weighted by Gasteiger charge is 2.14. The largest absolute Gasteiger partial charge is 0.327 e. The van der Waals surface area contributed by atoms with Gasteiger partial charge in [0.25, 0.3) is 0 Å². The van der Waals surface area contributed by atoms with E-state index in [0.29, 0.717) is 11.4 Å². The molecule has 3 rings (SSSR count). The first-order valence-electron chi connectivity index (χ1n) is 7.50. The molecule has 0 amide bonds. The van der Waals surface area contributed by atoms with Crippen LogP contribution in [0.2, 0.25) is 0 Å². The Hall–Kier alpha value is -1.57. The Morgan fingerprint density at radius 1 is 1.24 bits per heavy atom. The number of alkyl halides is 1. The molecular formula is C16H19ClN4. The fourth-order valence-corrected chi connectivity index (χ4v) is 3.30. The molecule has 5 heteroatoms. The zero-order valence-electron chi connectivity index (χ0n) is 12.1. The van der Waals surface area contributed by atoms with Gasteiger partial charge in [0.15, 0.2) is 0 Å². The highest BCUT2D eigenvalue weighted by Crippen LogP contribution is 2.21. The monoisotopic (exact) mass is 302 g/mol. The molecule has 0 unspecified atom stereocenters. The van der Waals surface area contributed by atoms with Gasteiger partial charge in [-0.25, -0.2) is 4.98 Å². The third-order valence-electron chi connectivity index (χ3n) is 4.15. The van der Waals surface area contributed by atoms with E-state index in [9.17, 15) is 5.26 Å². The predicted octanol–water partition coefficient (Wildman–Crippen LogP) is 3.13. The third-order valence-corrected chi connectivity index (χ3v) is 4.39. The molecule has 110 valence electrons. The summed E-state index contributed by atoms with van der Waals surface area (Å²) in [5.74, 6) is 1.24. The summed E-state index contributed by atoms with van der Waals surface area (Å²) in [4.78, 5) is 7.06. The second-order valence-electron chi connectivity index (χ2n) is 5.50. The van der Waals surface area contributed by atoms with Crippen LogP contribution in [0.25, 0.3) is 11.0 Å². The van der Waals surface area contributed by atoms with Crippen molar-refractivity contribution in [2.75, 3.05) is 19.6 Å². The zero-order chi connectivity index (χ0) is 14.7. The molecule has 1 aliphatic rings. The fourth-order valence-electron chi connectivity index (χ4n) is 3.10. The number of aromatic nitrogens is 2. The lowest BCUT2D eigenvalue weighted by Gasteiger charge is -2.15. The summed E-state index contributed by atoms with van der Waals surface area (Å²) in [5, 5.41) is 9.19.